The molecule has 0 radical (unpaired) electrons. The van der Waals surface area contributed by atoms with Gasteiger partial charge in [-0.1, -0.05) is 12.1 Å². The molecule has 2 N–H and O–H groups in total. The summed E-state index contributed by atoms with van der Waals surface area (Å²) in [5.74, 6) is 1.29. The number of urea groups is 1. The molecule has 1 saturated heterocycles. The van der Waals surface area contributed by atoms with Crippen LogP contribution in [0.3, 0.4) is 0 Å². The number of ether oxygens (including phenoxy) is 1. The predicted molar refractivity (Wildman–Crippen MR) is 114 cm³/mol. The van der Waals surface area contributed by atoms with Crippen molar-refractivity contribution in [3.8, 4) is 5.75 Å². The first-order valence-corrected chi connectivity index (χ1v) is 10.3. The van der Waals surface area contributed by atoms with E-state index in [1.807, 2.05) is 49.9 Å². The smallest absolute Gasteiger partial charge is 0.325 e. The summed E-state index contributed by atoms with van der Waals surface area (Å²) in [5.41, 5.74) is 3.05. The molecule has 1 aromatic rings. The maximum Gasteiger partial charge on any atom is 0.325 e. The number of rotatable bonds is 7. The minimum Gasteiger partial charge on any atom is -0.492 e. The number of fused-ring (bicyclic) bond motifs is 3. The molecule has 9 nitrogen and oxygen atoms in total. The highest BCUT2D eigenvalue weighted by Crippen LogP contribution is 2.36. The molecule has 9 heteroatoms. The topological polar surface area (TPSA) is 89.5 Å². The van der Waals surface area contributed by atoms with Crippen molar-refractivity contribution in [2.24, 2.45) is 4.99 Å². The number of nitrogens with zero attached hydrogens (tertiary/aromatic N) is 4. The number of imide groups is 1. The van der Waals surface area contributed by atoms with Gasteiger partial charge in [0.1, 0.15) is 5.75 Å². The second-order valence-electron chi connectivity index (χ2n) is 7.59. The molecule has 1 aromatic carbocycles. The summed E-state index contributed by atoms with van der Waals surface area (Å²) >= 11 is 0. The first kappa shape index (κ1) is 20.1. The first-order chi connectivity index (χ1) is 14.4. The molecule has 3 heterocycles. The molecule has 0 saturated carbocycles. The number of amides is 3. The molecule has 4 rings (SSSR count). The normalized spacial score (nSPS) is 22.8. The summed E-state index contributed by atoms with van der Waals surface area (Å²) in [6.45, 7) is 8.15. The number of likely N-dealkylation sites (N-methyl/N-ethyl adjacent to an activating group) is 1. The maximum atomic E-state index is 12.5. The van der Waals surface area contributed by atoms with Gasteiger partial charge in [0, 0.05) is 31.5 Å². The molecular formula is C21H28N6O3. The van der Waals surface area contributed by atoms with Crippen molar-refractivity contribution >= 4 is 23.6 Å². The van der Waals surface area contributed by atoms with Gasteiger partial charge < -0.3 is 19.9 Å². The van der Waals surface area contributed by atoms with Crippen molar-refractivity contribution < 1.29 is 14.3 Å². The van der Waals surface area contributed by atoms with E-state index < -0.39 is 18.2 Å². The minimum absolute atomic E-state index is 0.301. The summed E-state index contributed by atoms with van der Waals surface area (Å²) in [7, 11) is 1.67. The summed E-state index contributed by atoms with van der Waals surface area (Å²) in [6, 6.07) is 6.99. The zero-order valence-corrected chi connectivity index (χ0v) is 17.8. The maximum absolute atomic E-state index is 12.5. The molecule has 0 spiro atoms. The van der Waals surface area contributed by atoms with Gasteiger partial charge in [-0.05, 0) is 39.3 Å². The molecule has 2 atom stereocenters. The summed E-state index contributed by atoms with van der Waals surface area (Å²) < 4.78 is 5.66. The quantitative estimate of drug-likeness (QED) is 0.666. The Labute approximate surface area is 176 Å². The highest BCUT2D eigenvalue weighted by atomic mass is 16.5. The van der Waals surface area contributed by atoms with Gasteiger partial charge in [0.05, 0.1) is 12.3 Å². The molecule has 160 valence electrons. The van der Waals surface area contributed by atoms with Crippen LogP contribution in [0.4, 0.5) is 10.5 Å². The lowest BCUT2D eigenvalue weighted by atomic mass is 10.1. The number of allylic oxidation sites excluding steroid dienone is 2. The van der Waals surface area contributed by atoms with Crippen molar-refractivity contribution in [3.63, 3.8) is 0 Å². The predicted octanol–water partition coefficient (Wildman–Crippen LogP) is 2.00. The van der Waals surface area contributed by atoms with Gasteiger partial charge in [-0.3, -0.25) is 15.0 Å². The van der Waals surface area contributed by atoms with Crippen molar-refractivity contribution in [2.45, 2.75) is 39.4 Å². The van der Waals surface area contributed by atoms with E-state index in [-0.39, 0.29) is 5.91 Å². The summed E-state index contributed by atoms with van der Waals surface area (Å²) in [6.07, 6.45) is 0.372. The fourth-order valence-electron chi connectivity index (χ4n) is 4.15. The van der Waals surface area contributed by atoms with E-state index in [9.17, 15) is 9.59 Å². The lowest BCUT2D eigenvalue weighted by Gasteiger charge is -2.35. The number of anilines is 1. The molecule has 0 bridgehead atoms. The van der Waals surface area contributed by atoms with Crippen LogP contribution in [0.5, 0.6) is 5.75 Å². The summed E-state index contributed by atoms with van der Waals surface area (Å²) in [5, 5.41) is 5.86. The van der Waals surface area contributed by atoms with Crippen LogP contribution in [0.1, 0.15) is 27.2 Å². The Morgan fingerprint density at radius 3 is 2.73 bits per heavy atom. The van der Waals surface area contributed by atoms with Gasteiger partial charge in [0.2, 0.25) is 5.96 Å². The van der Waals surface area contributed by atoms with Crippen LogP contribution in [0.25, 0.3) is 0 Å². The molecule has 0 aromatic heterocycles. The standard InChI is InChI=1S/C21H28N6O3/c1-5-30-16-10-7-6-9-15(16)22-11-8-12-26-13(2)14(3)27-17-18(23-20(26)27)25(4)21(29)24-19(17)28/h6-7,9-10,17-18,22H,5,8,11-12H2,1-4H3,(H,24,28,29). The van der Waals surface area contributed by atoms with E-state index in [0.717, 1.165) is 48.3 Å². The number of carbonyl (C=O) groups is 2. The number of hydrogen-bond donors (Lipinski definition) is 2. The molecule has 3 aliphatic rings. The molecule has 30 heavy (non-hydrogen) atoms. The van der Waals surface area contributed by atoms with Gasteiger partial charge >= 0.3 is 6.03 Å². The Hall–Kier alpha value is -3.23. The number of guanidine groups is 1. The number of aliphatic imine (C=N–C) groups is 1. The van der Waals surface area contributed by atoms with E-state index >= 15 is 0 Å². The lowest BCUT2D eigenvalue weighted by molar-refractivity contribution is -0.126. The van der Waals surface area contributed by atoms with E-state index in [2.05, 4.69) is 15.5 Å². The van der Waals surface area contributed by atoms with Crippen molar-refractivity contribution in [1.82, 2.24) is 20.0 Å². The van der Waals surface area contributed by atoms with Gasteiger partial charge in [-0.25, -0.2) is 9.79 Å². The van der Waals surface area contributed by atoms with Crippen molar-refractivity contribution in [3.05, 3.63) is 35.7 Å². The van der Waals surface area contributed by atoms with Crippen LogP contribution >= 0.6 is 0 Å². The van der Waals surface area contributed by atoms with E-state index in [1.165, 1.54) is 4.90 Å². The van der Waals surface area contributed by atoms with Gasteiger partial charge in [-0.15, -0.1) is 0 Å². The van der Waals surface area contributed by atoms with E-state index in [1.54, 1.807) is 7.05 Å². The Balaban J connectivity index is 1.43. The lowest BCUT2D eigenvalue weighted by Crippen LogP contribution is -2.63. The average molecular weight is 412 g/mol. The third kappa shape index (κ3) is 3.24. The van der Waals surface area contributed by atoms with E-state index in [0.29, 0.717) is 6.61 Å². The minimum atomic E-state index is -0.515. The molecule has 3 amide bonds. The monoisotopic (exact) mass is 412 g/mol. The van der Waals surface area contributed by atoms with Crippen LogP contribution in [-0.2, 0) is 4.79 Å². The second-order valence-corrected chi connectivity index (χ2v) is 7.59. The third-order valence-corrected chi connectivity index (χ3v) is 5.83. The fourth-order valence-corrected chi connectivity index (χ4v) is 4.15. The SMILES string of the molecule is CCOc1ccccc1NCCCN1C2=NC3C(C(=O)NC(=O)N3C)N2C(C)=C1C. The highest BCUT2D eigenvalue weighted by molar-refractivity contribution is 6.05. The van der Waals surface area contributed by atoms with Crippen LogP contribution < -0.4 is 15.4 Å². The van der Waals surface area contributed by atoms with E-state index in [4.69, 9.17) is 9.73 Å². The number of benzene rings is 1. The Morgan fingerprint density at radius 1 is 1.20 bits per heavy atom. The van der Waals surface area contributed by atoms with Crippen molar-refractivity contribution in [1.29, 1.82) is 0 Å². The number of carbonyl (C=O) groups excluding carboxylic acids is 2. The second kappa shape index (κ2) is 7.89. The zero-order chi connectivity index (χ0) is 21.4. The van der Waals surface area contributed by atoms with Crippen LogP contribution in [0.2, 0.25) is 0 Å². The Bertz CT molecular complexity index is 927. The van der Waals surface area contributed by atoms with Gasteiger partial charge in [0.15, 0.2) is 12.2 Å². The molecule has 1 fully saturated rings. The van der Waals surface area contributed by atoms with Crippen LogP contribution in [0.15, 0.2) is 40.7 Å². The molecule has 2 unspecified atom stereocenters. The Kier molecular flexibility index (Phi) is 5.27. The van der Waals surface area contributed by atoms with Gasteiger partial charge in [-0.2, -0.15) is 0 Å². The molecule has 0 aliphatic carbocycles. The third-order valence-electron chi connectivity index (χ3n) is 5.83. The highest BCUT2D eigenvalue weighted by Gasteiger charge is 2.52. The number of hydrogen-bond acceptors (Lipinski definition) is 7. The number of nitrogens with one attached hydrogen (secondary N) is 2. The molecular weight excluding hydrogens is 384 g/mol. The van der Waals surface area contributed by atoms with Crippen molar-refractivity contribution in [2.75, 3.05) is 32.1 Å². The van der Waals surface area contributed by atoms with Crippen LogP contribution in [-0.4, -0.2) is 71.5 Å². The summed E-state index contributed by atoms with van der Waals surface area (Å²) in [4.78, 5) is 34.8. The van der Waals surface area contributed by atoms with Crippen LogP contribution in [0, 0.1) is 0 Å². The molecule has 3 aliphatic heterocycles. The largest absolute Gasteiger partial charge is 0.492 e. The number of para-hydroxylation sites is 2. The average Bonchev–Trinajstić information content (AvgIpc) is 3.22. The van der Waals surface area contributed by atoms with Gasteiger partial charge in [0.25, 0.3) is 5.91 Å². The Morgan fingerprint density at radius 2 is 1.97 bits per heavy atom. The first-order valence-electron chi connectivity index (χ1n) is 10.3. The zero-order valence-electron chi connectivity index (χ0n) is 17.8. The fraction of sp³-hybridized carbons (Fsp3) is 0.476.